The van der Waals surface area contributed by atoms with Crippen LogP contribution in [0, 0.1) is 0 Å². The lowest BCUT2D eigenvalue weighted by Crippen LogP contribution is -2.07. The molecule has 2 heterocycles. The lowest BCUT2D eigenvalue weighted by Gasteiger charge is -2.14. The smallest absolute Gasteiger partial charge is 0.161 e. The van der Waals surface area contributed by atoms with E-state index in [1.54, 1.807) is 0 Å². The first kappa shape index (κ1) is 33.9. The zero-order valence-corrected chi connectivity index (χ0v) is 31.2. The molecule has 0 aliphatic carbocycles. The van der Waals surface area contributed by atoms with E-state index in [2.05, 4.69) is 160 Å². The molecule has 0 unspecified atom stereocenters. The maximum Gasteiger partial charge on any atom is 0.161 e. The highest BCUT2D eigenvalue weighted by Crippen LogP contribution is 2.44. The topological polar surface area (TPSA) is 46.9 Å². The van der Waals surface area contributed by atoms with Crippen molar-refractivity contribution in [2.24, 2.45) is 15.0 Å². The first-order valence-corrected chi connectivity index (χ1v) is 19.2. The summed E-state index contributed by atoms with van der Waals surface area (Å²) in [5.74, 6) is 1.12. The molecule has 0 atom stereocenters. The third-order valence-electron chi connectivity index (χ3n) is 10.8. The van der Waals surface area contributed by atoms with Crippen molar-refractivity contribution in [3.63, 3.8) is 0 Å². The molecule has 0 spiro atoms. The second kappa shape index (κ2) is 14.5. The Morgan fingerprint density at radius 2 is 1.02 bits per heavy atom. The Morgan fingerprint density at radius 3 is 1.72 bits per heavy atom. The maximum absolute atomic E-state index is 5.23. The van der Waals surface area contributed by atoms with Gasteiger partial charge in [-0.2, -0.15) is 0 Å². The Morgan fingerprint density at radius 1 is 0.456 bits per heavy atom. The zero-order chi connectivity index (χ0) is 38.1. The van der Waals surface area contributed by atoms with E-state index in [0.717, 1.165) is 33.4 Å². The van der Waals surface area contributed by atoms with Gasteiger partial charge in [0.2, 0.25) is 0 Å². The number of nitrogens with zero attached hydrogens (tertiary/aromatic N) is 5. The first-order valence-electron chi connectivity index (χ1n) is 19.2. The molecule has 0 fully saturated rings. The van der Waals surface area contributed by atoms with Gasteiger partial charge in [-0.05, 0) is 71.4 Å². The molecule has 5 heteroatoms. The van der Waals surface area contributed by atoms with Crippen LogP contribution in [0.15, 0.2) is 215 Å². The highest BCUT2D eigenvalue weighted by Gasteiger charge is 2.21. The van der Waals surface area contributed by atoms with Gasteiger partial charge in [0.1, 0.15) is 6.67 Å². The van der Waals surface area contributed by atoms with Crippen LogP contribution in [-0.2, 0) is 6.67 Å². The molecule has 0 radical (unpaired) electrons. The highest BCUT2D eigenvalue weighted by atomic mass is 15.1. The van der Waals surface area contributed by atoms with Gasteiger partial charge in [-0.1, -0.05) is 158 Å². The van der Waals surface area contributed by atoms with Gasteiger partial charge in [0, 0.05) is 38.4 Å². The fourth-order valence-electron chi connectivity index (χ4n) is 8.23. The summed E-state index contributed by atoms with van der Waals surface area (Å²) >= 11 is 0. The number of fused-ring (bicyclic) bond motifs is 6. The highest BCUT2D eigenvalue weighted by molar-refractivity contribution is 6.19. The predicted octanol–water partition coefficient (Wildman–Crippen LogP) is 12.8. The number of hydrogen-bond donors (Lipinski definition) is 0. The van der Waals surface area contributed by atoms with Gasteiger partial charge in [0.05, 0.1) is 22.1 Å². The number of hydrogen-bond acceptors (Lipinski definition) is 1. The summed E-state index contributed by atoms with van der Waals surface area (Å²) in [5.41, 5.74) is 12.2. The van der Waals surface area contributed by atoms with Crippen molar-refractivity contribution in [1.29, 1.82) is 0 Å². The molecule has 0 amide bonds. The molecule has 0 N–H and O–H groups in total. The number of aliphatic imine (C=N–C) groups is 3. The van der Waals surface area contributed by atoms with Gasteiger partial charge < -0.3 is 9.13 Å². The number of benzene rings is 8. The summed E-state index contributed by atoms with van der Waals surface area (Å²) in [4.78, 5) is 14.5. The van der Waals surface area contributed by atoms with E-state index in [4.69, 9.17) is 9.98 Å². The van der Waals surface area contributed by atoms with Crippen LogP contribution in [0.3, 0.4) is 0 Å². The standard InChI is InChI=1S/C52H37N5/c1-53-51(37-20-8-3-9-21-37)55-52(38-22-10-4-11-23-38)54-35-56-45-28-16-15-27-43(45)50-48(56)33-31-41(49(50)36-18-6-2-7-19-36)39-30-32-47-44(34-39)42-26-14-17-29-46(42)57(47)40-24-12-5-13-25-40/h2-34H,1,35H2/b54-52-,55-51?. The predicted molar refractivity (Wildman–Crippen MR) is 240 cm³/mol. The van der Waals surface area contributed by atoms with Crippen LogP contribution >= 0.6 is 0 Å². The van der Waals surface area contributed by atoms with Crippen LogP contribution in [0.5, 0.6) is 0 Å². The van der Waals surface area contributed by atoms with Gasteiger partial charge in [0.25, 0.3) is 0 Å². The quantitative estimate of drug-likeness (QED) is 0.116. The Labute approximate surface area is 330 Å². The summed E-state index contributed by atoms with van der Waals surface area (Å²) in [5, 5.41) is 4.82. The third kappa shape index (κ3) is 6.03. The molecule has 8 aromatic carbocycles. The summed E-state index contributed by atoms with van der Waals surface area (Å²) in [6, 6.07) is 70.2. The molecule has 2 aromatic heterocycles. The Balaban J connectivity index is 1.19. The SMILES string of the molecule is C=NC(=N/C(=N\Cn1c2ccccc2c2c(-c3ccccc3)c(-c3ccc4c(c3)c3ccccc3n4-c3ccccc3)ccc21)c1ccccc1)c1ccccc1. The molecule has 0 bridgehead atoms. The van der Waals surface area contributed by atoms with Crippen LogP contribution in [0.25, 0.3) is 71.6 Å². The Hall–Kier alpha value is -7.63. The van der Waals surface area contributed by atoms with E-state index in [-0.39, 0.29) is 0 Å². The summed E-state index contributed by atoms with van der Waals surface area (Å²) in [6.07, 6.45) is 0. The zero-order valence-electron chi connectivity index (χ0n) is 31.2. The van der Waals surface area contributed by atoms with Gasteiger partial charge in [-0.25, -0.2) is 15.0 Å². The first-order chi connectivity index (χ1) is 28.3. The molecule has 57 heavy (non-hydrogen) atoms. The van der Waals surface area contributed by atoms with Crippen molar-refractivity contribution in [2.75, 3.05) is 0 Å². The largest absolute Gasteiger partial charge is 0.320 e. The number of rotatable bonds is 7. The van der Waals surface area contributed by atoms with Crippen molar-refractivity contribution in [2.45, 2.75) is 6.67 Å². The minimum absolute atomic E-state index is 0.357. The van der Waals surface area contributed by atoms with Gasteiger partial charge in [-0.3, -0.25) is 0 Å². The minimum Gasteiger partial charge on any atom is -0.320 e. The second-order valence-electron chi connectivity index (χ2n) is 14.1. The van der Waals surface area contributed by atoms with E-state index >= 15 is 0 Å². The Kier molecular flexibility index (Phi) is 8.65. The van der Waals surface area contributed by atoms with Crippen LogP contribution in [0.4, 0.5) is 0 Å². The molecule has 5 nitrogen and oxygen atoms in total. The van der Waals surface area contributed by atoms with E-state index in [0.29, 0.717) is 18.3 Å². The van der Waals surface area contributed by atoms with Crippen LogP contribution < -0.4 is 0 Å². The van der Waals surface area contributed by atoms with Crippen molar-refractivity contribution in [3.05, 3.63) is 211 Å². The third-order valence-corrected chi connectivity index (χ3v) is 10.8. The van der Waals surface area contributed by atoms with E-state index < -0.39 is 0 Å². The van der Waals surface area contributed by atoms with Crippen LogP contribution in [0.2, 0.25) is 0 Å². The average molecular weight is 732 g/mol. The second-order valence-corrected chi connectivity index (χ2v) is 14.1. The van der Waals surface area contributed by atoms with Crippen molar-refractivity contribution >= 4 is 62.0 Å². The van der Waals surface area contributed by atoms with Gasteiger partial charge >= 0.3 is 0 Å². The van der Waals surface area contributed by atoms with Crippen LogP contribution in [-0.4, -0.2) is 27.5 Å². The number of para-hydroxylation sites is 3. The Bertz CT molecular complexity index is 3140. The molecule has 0 aliphatic rings. The van der Waals surface area contributed by atoms with Gasteiger partial charge in [0.15, 0.2) is 11.7 Å². The van der Waals surface area contributed by atoms with E-state index in [9.17, 15) is 0 Å². The summed E-state index contributed by atoms with van der Waals surface area (Å²) in [6.45, 7) is 4.21. The summed E-state index contributed by atoms with van der Waals surface area (Å²) in [7, 11) is 0. The molecule has 10 rings (SSSR count). The maximum atomic E-state index is 5.23. The van der Waals surface area contributed by atoms with Crippen LogP contribution in [0.1, 0.15) is 11.1 Å². The van der Waals surface area contributed by atoms with E-state index in [1.807, 2.05) is 60.7 Å². The molecule has 0 saturated heterocycles. The molecule has 0 saturated carbocycles. The van der Waals surface area contributed by atoms with Crippen molar-refractivity contribution in [1.82, 2.24) is 9.13 Å². The van der Waals surface area contributed by atoms with Crippen molar-refractivity contribution in [3.8, 4) is 27.9 Å². The van der Waals surface area contributed by atoms with Gasteiger partial charge in [-0.15, -0.1) is 0 Å². The normalized spacial score (nSPS) is 12.2. The van der Waals surface area contributed by atoms with Crippen molar-refractivity contribution < 1.29 is 0 Å². The molecular formula is C52H37N5. The lowest BCUT2D eigenvalue weighted by molar-refractivity contribution is 0.791. The molecule has 270 valence electrons. The molecule has 0 aliphatic heterocycles. The average Bonchev–Trinajstić information content (AvgIpc) is 3.79. The fraction of sp³-hybridized carbons (Fsp3) is 0.0192. The number of amidine groups is 2. The lowest BCUT2D eigenvalue weighted by atomic mass is 9.90. The fourth-order valence-corrected chi connectivity index (χ4v) is 8.23. The molecular weight excluding hydrogens is 695 g/mol. The minimum atomic E-state index is 0.357. The monoisotopic (exact) mass is 731 g/mol. The molecule has 10 aromatic rings. The number of aromatic nitrogens is 2. The summed E-state index contributed by atoms with van der Waals surface area (Å²) < 4.78 is 4.67. The van der Waals surface area contributed by atoms with E-state index in [1.165, 1.54) is 49.3 Å².